The topological polar surface area (TPSA) is 63.4 Å². The molecule has 0 aliphatic rings. The summed E-state index contributed by atoms with van der Waals surface area (Å²) in [4.78, 5) is 4.02. The average Bonchev–Trinajstić information content (AvgIpc) is 2.78. The second-order valence-electron chi connectivity index (χ2n) is 7.37. The van der Waals surface area contributed by atoms with Crippen molar-refractivity contribution >= 4 is 17.1 Å². The van der Waals surface area contributed by atoms with Gasteiger partial charge in [0.25, 0.3) is 0 Å². The minimum absolute atomic E-state index is 0.183. The van der Waals surface area contributed by atoms with Crippen molar-refractivity contribution in [2.75, 3.05) is 18.0 Å². The molecule has 166 valence electrons. The fourth-order valence-corrected chi connectivity index (χ4v) is 3.17. The van der Waals surface area contributed by atoms with Crippen molar-refractivity contribution in [3.05, 3.63) is 89.8 Å². The zero-order chi connectivity index (χ0) is 23.3. The molecule has 1 aromatic heterocycles. The first-order valence-corrected chi connectivity index (χ1v) is 10.0. The summed E-state index contributed by atoms with van der Waals surface area (Å²) in [6.07, 6.45) is 4.73. The highest BCUT2D eigenvalue weighted by atomic mass is 19.2. The maximum atomic E-state index is 14.8. The van der Waals surface area contributed by atoms with E-state index in [-0.39, 0.29) is 22.3 Å². The number of methoxy groups -OCH3 is 1. The van der Waals surface area contributed by atoms with Crippen LogP contribution in [-0.2, 0) is 0 Å². The highest BCUT2D eigenvalue weighted by Gasteiger charge is 2.17. The van der Waals surface area contributed by atoms with Gasteiger partial charge in [0.1, 0.15) is 23.1 Å². The summed E-state index contributed by atoms with van der Waals surface area (Å²) in [5.41, 5.74) is 10.0. The van der Waals surface area contributed by atoms with E-state index in [0.29, 0.717) is 16.9 Å². The molecule has 0 unspecified atom stereocenters. The van der Waals surface area contributed by atoms with Crippen molar-refractivity contribution in [2.45, 2.75) is 20.8 Å². The Morgan fingerprint density at radius 2 is 1.81 bits per heavy atom. The quantitative estimate of drug-likeness (QED) is 0.446. The molecule has 1 heterocycles. The second kappa shape index (κ2) is 9.96. The molecule has 0 saturated carbocycles. The molecule has 0 amide bonds. The molecule has 3 rings (SSSR count). The number of allylic oxidation sites excluding steroid dienone is 2. The van der Waals surface area contributed by atoms with Crippen LogP contribution in [0.15, 0.2) is 72.8 Å². The van der Waals surface area contributed by atoms with E-state index in [0.717, 1.165) is 11.1 Å². The third-order valence-corrected chi connectivity index (χ3v) is 5.02. The molecular formula is C25H26F2N4O. The van der Waals surface area contributed by atoms with Crippen LogP contribution >= 0.6 is 0 Å². The van der Waals surface area contributed by atoms with Gasteiger partial charge in [0.05, 0.1) is 18.4 Å². The summed E-state index contributed by atoms with van der Waals surface area (Å²) in [5, 5.41) is 3.24. The standard InChI is InChI=1S/C25H26F2N4O/c1-16-5-7-19(8-6-16)17(2)14-29-15-18(3)31(27)22-10-9-20(13-21(22)26)24-23(32-4)11-12-30-25(24)28/h5-15,29H,1-4H3,(H2,28,30)/b17-14+,18-15+. The number of nitrogens with zero attached hydrogens (tertiary/aromatic N) is 2. The van der Waals surface area contributed by atoms with E-state index in [4.69, 9.17) is 10.5 Å². The monoisotopic (exact) mass is 436 g/mol. The fraction of sp³-hybridized carbons (Fsp3) is 0.160. The van der Waals surface area contributed by atoms with Crippen LogP contribution in [0.4, 0.5) is 20.4 Å². The Kier molecular flexibility index (Phi) is 7.10. The van der Waals surface area contributed by atoms with Crippen molar-refractivity contribution in [3.8, 4) is 16.9 Å². The number of aromatic nitrogens is 1. The first kappa shape index (κ1) is 22.8. The summed E-state index contributed by atoms with van der Waals surface area (Å²) in [6, 6.07) is 13.8. The third-order valence-electron chi connectivity index (χ3n) is 5.02. The summed E-state index contributed by atoms with van der Waals surface area (Å²) in [5.74, 6) is -0.0863. The Balaban J connectivity index is 1.78. The Bertz CT molecular complexity index is 1160. The van der Waals surface area contributed by atoms with Crippen LogP contribution in [0.25, 0.3) is 16.7 Å². The van der Waals surface area contributed by atoms with Gasteiger partial charge in [-0.3, -0.25) is 0 Å². The summed E-state index contributed by atoms with van der Waals surface area (Å²) in [6.45, 7) is 5.51. The van der Waals surface area contributed by atoms with Crippen molar-refractivity contribution in [3.63, 3.8) is 0 Å². The Labute approximate surface area is 186 Å². The molecule has 0 atom stereocenters. The van der Waals surface area contributed by atoms with E-state index in [1.165, 1.54) is 44.1 Å². The second-order valence-corrected chi connectivity index (χ2v) is 7.37. The Hall–Kier alpha value is -3.87. The predicted octanol–water partition coefficient (Wildman–Crippen LogP) is 5.99. The van der Waals surface area contributed by atoms with Crippen LogP contribution in [0, 0.1) is 12.7 Å². The number of hydrogen-bond acceptors (Lipinski definition) is 5. The normalized spacial score (nSPS) is 11.9. The van der Waals surface area contributed by atoms with Gasteiger partial charge < -0.3 is 15.8 Å². The van der Waals surface area contributed by atoms with Crippen LogP contribution in [-0.4, -0.2) is 12.1 Å². The van der Waals surface area contributed by atoms with E-state index in [2.05, 4.69) is 10.3 Å². The van der Waals surface area contributed by atoms with Crippen molar-refractivity contribution in [2.24, 2.45) is 0 Å². The molecule has 0 spiro atoms. The predicted molar refractivity (Wildman–Crippen MR) is 126 cm³/mol. The largest absolute Gasteiger partial charge is 0.496 e. The van der Waals surface area contributed by atoms with Gasteiger partial charge in [-0.05, 0) is 55.7 Å². The fourth-order valence-electron chi connectivity index (χ4n) is 3.17. The molecule has 2 aromatic carbocycles. The SMILES string of the molecule is COc1ccnc(N)c1-c1ccc(N(F)/C(C)=C/N/C=C(\C)c2ccc(C)cc2)c(F)c1. The number of nitrogens with one attached hydrogen (secondary N) is 1. The number of halogens is 2. The lowest BCUT2D eigenvalue weighted by molar-refractivity contribution is 0.416. The highest BCUT2D eigenvalue weighted by Crippen LogP contribution is 2.36. The summed E-state index contributed by atoms with van der Waals surface area (Å²) >= 11 is 0. The minimum atomic E-state index is -0.741. The van der Waals surface area contributed by atoms with Crippen LogP contribution in [0.2, 0.25) is 0 Å². The molecule has 0 bridgehead atoms. The van der Waals surface area contributed by atoms with E-state index >= 15 is 0 Å². The highest BCUT2D eigenvalue weighted by molar-refractivity contribution is 5.80. The molecule has 0 aliphatic heterocycles. The number of nitrogens with two attached hydrogens (primary N) is 1. The van der Waals surface area contributed by atoms with Crippen molar-refractivity contribution < 1.29 is 13.6 Å². The minimum Gasteiger partial charge on any atom is -0.496 e. The lowest BCUT2D eigenvalue weighted by Crippen LogP contribution is -2.13. The van der Waals surface area contributed by atoms with Gasteiger partial charge in [-0.25, -0.2) is 9.37 Å². The lowest BCUT2D eigenvalue weighted by atomic mass is 10.0. The number of pyridine rings is 1. The Morgan fingerprint density at radius 1 is 1.09 bits per heavy atom. The summed E-state index contributed by atoms with van der Waals surface area (Å²) < 4.78 is 34.9. The van der Waals surface area contributed by atoms with Gasteiger partial charge in [-0.15, -0.1) is 0 Å². The molecule has 7 heteroatoms. The molecule has 5 nitrogen and oxygen atoms in total. The number of rotatable bonds is 7. The first-order chi connectivity index (χ1) is 15.3. The van der Waals surface area contributed by atoms with Crippen LogP contribution in [0.1, 0.15) is 25.0 Å². The van der Waals surface area contributed by atoms with Gasteiger partial charge >= 0.3 is 0 Å². The maximum absolute atomic E-state index is 14.8. The van der Waals surface area contributed by atoms with E-state index in [9.17, 15) is 8.87 Å². The smallest absolute Gasteiger partial charge is 0.150 e. The number of anilines is 2. The van der Waals surface area contributed by atoms with Crippen molar-refractivity contribution in [1.29, 1.82) is 0 Å². The number of nitrogen functional groups attached to an aromatic ring is 1. The summed E-state index contributed by atoms with van der Waals surface area (Å²) in [7, 11) is 1.49. The van der Waals surface area contributed by atoms with Gasteiger partial charge in [-0.2, -0.15) is 5.12 Å². The van der Waals surface area contributed by atoms with Crippen LogP contribution in [0.5, 0.6) is 5.75 Å². The van der Waals surface area contributed by atoms with Gasteiger partial charge in [-0.1, -0.05) is 40.4 Å². The van der Waals surface area contributed by atoms with E-state index < -0.39 is 5.82 Å². The van der Waals surface area contributed by atoms with Gasteiger partial charge in [0, 0.05) is 18.6 Å². The average molecular weight is 437 g/mol. The Morgan fingerprint density at radius 3 is 2.47 bits per heavy atom. The number of ether oxygens (including phenoxy) is 1. The van der Waals surface area contributed by atoms with E-state index in [1.54, 1.807) is 18.3 Å². The molecule has 0 radical (unpaired) electrons. The molecule has 0 fully saturated rings. The molecular weight excluding hydrogens is 410 g/mol. The third kappa shape index (κ3) is 5.06. The van der Waals surface area contributed by atoms with Crippen molar-refractivity contribution in [1.82, 2.24) is 10.3 Å². The zero-order valence-corrected chi connectivity index (χ0v) is 18.5. The molecule has 0 aliphatic carbocycles. The lowest BCUT2D eigenvalue weighted by Gasteiger charge is -2.17. The first-order valence-electron chi connectivity index (χ1n) is 10.0. The maximum Gasteiger partial charge on any atom is 0.150 e. The van der Waals surface area contributed by atoms with Crippen LogP contribution in [0.3, 0.4) is 0 Å². The molecule has 0 saturated heterocycles. The number of aryl methyl sites for hydroxylation is 1. The molecule has 3 aromatic rings. The zero-order valence-electron chi connectivity index (χ0n) is 18.5. The van der Waals surface area contributed by atoms with E-state index in [1.807, 2.05) is 38.1 Å². The number of benzene rings is 2. The van der Waals surface area contributed by atoms with Gasteiger partial charge in [0.2, 0.25) is 0 Å². The number of hydrogen-bond donors (Lipinski definition) is 2. The molecule has 32 heavy (non-hydrogen) atoms. The van der Waals surface area contributed by atoms with Gasteiger partial charge in [0.15, 0.2) is 0 Å². The van der Waals surface area contributed by atoms with Crippen LogP contribution < -0.4 is 20.9 Å². The molecule has 3 N–H and O–H groups in total.